The van der Waals surface area contributed by atoms with E-state index in [2.05, 4.69) is 0 Å². The third kappa shape index (κ3) is 7.09. The van der Waals surface area contributed by atoms with Gasteiger partial charge in [-0.3, -0.25) is 9.57 Å². The van der Waals surface area contributed by atoms with Gasteiger partial charge in [0.05, 0.1) is 5.56 Å². The number of nitrogens with one attached hydrogen (secondary N) is 1. The van der Waals surface area contributed by atoms with Gasteiger partial charge in [0.2, 0.25) is 0 Å². The number of carbonyl (C=O) groups is 1. The Hall–Kier alpha value is -2.35. The Morgan fingerprint density at radius 1 is 1.03 bits per heavy atom. The van der Waals surface area contributed by atoms with Crippen LogP contribution in [0, 0.1) is 4.78 Å². The SMILES string of the molecule is N=S(=O)(CC[C@H](N)C(=O)O)CCC(O)(c1ccc(-c2ccc(C(F)(F)F)cc2Cl)cc1)C(F)(F)F. The second-order valence-corrected chi connectivity index (χ2v) is 10.7. The van der Waals surface area contributed by atoms with Gasteiger partial charge in [-0.15, -0.1) is 0 Å². The largest absolute Gasteiger partial charge is 0.480 e. The van der Waals surface area contributed by atoms with Gasteiger partial charge in [0, 0.05) is 38.2 Å². The van der Waals surface area contributed by atoms with E-state index in [4.69, 9.17) is 27.2 Å². The molecule has 0 amide bonds. The number of aliphatic hydroxyl groups is 1. The molecule has 2 unspecified atom stereocenters. The number of halogens is 7. The molecule has 14 heteroatoms. The maximum absolute atomic E-state index is 13.8. The summed E-state index contributed by atoms with van der Waals surface area (Å²) in [5.74, 6) is -2.87. The summed E-state index contributed by atoms with van der Waals surface area (Å²) in [7, 11) is -3.70. The number of aliphatic carboxylic acids is 1. The zero-order valence-electron chi connectivity index (χ0n) is 17.8. The lowest BCUT2D eigenvalue weighted by molar-refractivity contribution is -0.267. The molecule has 2 aromatic rings. The summed E-state index contributed by atoms with van der Waals surface area (Å²) >= 11 is 5.92. The van der Waals surface area contributed by atoms with Crippen LogP contribution in [0.2, 0.25) is 5.02 Å². The van der Waals surface area contributed by atoms with Crippen molar-refractivity contribution in [1.82, 2.24) is 0 Å². The van der Waals surface area contributed by atoms with Gasteiger partial charge >= 0.3 is 18.3 Å². The molecule has 0 saturated carbocycles. The third-order valence-corrected chi connectivity index (χ3v) is 7.38. The monoisotopic (exact) mass is 546 g/mol. The predicted molar refractivity (Wildman–Crippen MR) is 117 cm³/mol. The van der Waals surface area contributed by atoms with Gasteiger partial charge in [-0.05, 0) is 29.7 Å². The molecule has 3 atom stereocenters. The first-order valence-electron chi connectivity index (χ1n) is 9.87. The normalized spacial score (nSPS) is 16.8. The van der Waals surface area contributed by atoms with E-state index in [1.54, 1.807) is 0 Å². The molecule has 0 heterocycles. The molecule has 0 radical (unpaired) electrons. The summed E-state index contributed by atoms with van der Waals surface area (Å²) in [4.78, 5) is 10.7. The number of rotatable bonds is 9. The molecular formula is C21H21ClF6N2O4S. The molecule has 2 aromatic carbocycles. The molecule has 5 N–H and O–H groups in total. The van der Waals surface area contributed by atoms with Crippen molar-refractivity contribution in [2.75, 3.05) is 11.5 Å². The number of hydrogen-bond donors (Lipinski definition) is 4. The lowest BCUT2D eigenvalue weighted by Gasteiger charge is -2.31. The predicted octanol–water partition coefficient (Wildman–Crippen LogP) is 5.01. The Labute approximate surface area is 201 Å². The average Bonchev–Trinajstić information content (AvgIpc) is 2.74. The van der Waals surface area contributed by atoms with Crippen LogP contribution in [-0.4, -0.2) is 44.1 Å². The molecule has 0 spiro atoms. The van der Waals surface area contributed by atoms with Crippen LogP contribution in [0.3, 0.4) is 0 Å². The Bertz CT molecular complexity index is 1170. The minimum Gasteiger partial charge on any atom is -0.480 e. The smallest absolute Gasteiger partial charge is 0.421 e. The van der Waals surface area contributed by atoms with Gasteiger partial charge in [0.1, 0.15) is 6.04 Å². The van der Waals surface area contributed by atoms with E-state index in [0.29, 0.717) is 6.07 Å². The Kier molecular flexibility index (Phi) is 8.52. The van der Waals surface area contributed by atoms with Crippen molar-refractivity contribution in [3.8, 4) is 11.1 Å². The van der Waals surface area contributed by atoms with Crippen LogP contribution < -0.4 is 5.73 Å². The standard InChI is InChI=1S/C21H21ClF6N2O4S/c22-16-11-14(20(23,24)25)5-6-15(16)12-1-3-13(4-2-12)19(33,21(26,27)28)8-10-35(30,34)9-7-17(29)18(31)32/h1-6,11,17,30,33H,7-10,29H2,(H,31,32)/t17-,19?,35?/m0/s1. The molecule has 0 aliphatic carbocycles. The van der Waals surface area contributed by atoms with Gasteiger partial charge in [0.15, 0.2) is 5.60 Å². The minimum atomic E-state index is -5.23. The van der Waals surface area contributed by atoms with Crippen LogP contribution in [0.15, 0.2) is 42.5 Å². The quantitative estimate of drug-likeness (QED) is 0.329. The number of benzene rings is 2. The van der Waals surface area contributed by atoms with Crippen LogP contribution in [0.5, 0.6) is 0 Å². The summed E-state index contributed by atoms with van der Waals surface area (Å²) in [6.45, 7) is 0. The van der Waals surface area contributed by atoms with Gasteiger partial charge in [-0.2, -0.15) is 26.3 Å². The number of hydrogen-bond acceptors (Lipinski definition) is 5. The maximum atomic E-state index is 13.8. The number of nitrogens with two attached hydrogens (primary N) is 1. The molecule has 0 aromatic heterocycles. The first kappa shape index (κ1) is 28.9. The zero-order chi connectivity index (χ0) is 26.8. The first-order valence-corrected chi connectivity index (χ1v) is 12.1. The van der Waals surface area contributed by atoms with Crippen molar-refractivity contribution >= 4 is 27.3 Å². The highest BCUT2D eigenvalue weighted by molar-refractivity contribution is 7.92. The second-order valence-electron chi connectivity index (χ2n) is 7.83. The lowest BCUT2D eigenvalue weighted by Crippen LogP contribution is -2.44. The van der Waals surface area contributed by atoms with E-state index >= 15 is 0 Å². The highest BCUT2D eigenvalue weighted by atomic mass is 35.5. The van der Waals surface area contributed by atoms with Crippen LogP contribution >= 0.6 is 11.6 Å². The fourth-order valence-electron chi connectivity index (χ4n) is 3.16. The molecule has 0 aliphatic rings. The lowest BCUT2D eigenvalue weighted by atomic mass is 9.89. The fourth-order valence-corrected chi connectivity index (χ4v) is 4.91. The third-order valence-electron chi connectivity index (χ3n) is 5.31. The molecule has 0 fully saturated rings. The highest BCUT2D eigenvalue weighted by Crippen LogP contribution is 2.43. The first-order chi connectivity index (χ1) is 15.9. The van der Waals surface area contributed by atoms with E-state index in [1.165, 1.54) is 0 Å². The number of carboxylic acids is 1. The number of alkyl halides is 6. The molecule has 0 bridgehead atoms. The fraction of sp³-hybridized carbons (Fsp3) is 0.381. The molecule has 194 valence electrons. The van der Waals surface area contributed by atoms with Crippen LogP contribution in [0.4, 0.5) is 26.3 Å². The van der Waals surface area contributed by atoms with Crippen LogP contribution in [0.1, 0.15) is 24.0 Å². The van der Waals surface area contributed by atoms with Crippen molar-refractivity contribution in [2.45, 2.75) is 36.8 Å². The van der Waals surface area contributed by atoms with Crippen molar-refractivity contribution in [2.24, 2.45) is 5.73 Å². The zero-order valence-corrected chi connectivity index (χ0v) is 19.4. The van der Waals surface area contributed by atoms with Crippen molar-refractivity contribution < 1.29 is 45.6 Å². The maximum Gasteiger partial charge on any atom is 0.421 e. The summed E-state index contributed by atoms with van der Waals surface area (Å²) in [6.07, 6.45) is -11.4. The van der Waals surface area contributed by atoms with E-state index < -0.39 is 75.2 Å². The van der Waals surface area contributed by atoms with Gasteiger partial charge in [0.25, 0.3) is 0 Å². The van der Waals surface area contributed by atoms with E-state index in [9.17, 15) is 40.5 Å². The summed E-state index contributed by atoms with van der Waals surface area (Å²) < 4.78 is 99.9. The molecule has 35 heavy (non-hydrogen) atoms. The minimum absolute atomic E-state index is 0.116. The molecule has 6 nitrogen and oxygen atoms in total. The molecule has 2 rings (SSSR count). The van der Waals surface area contributed by atoms with Crippen LogP contribution in [0.25, 0.3) is 11.1 Å². The Balaban J connectivity index is 2.29. The van der Waals surface area contributed by atoms with Crippen molar-refractivity contribution in [3.05, 3.63) is 58.6 Å². The van der Waals surface area contributed by atoms with E-state index in [0.717, 1.165) is 36.4 Å². The number of carboxylic acid groups (broad SMARTS) is 1. The molecule has 0 aliphatic heterocycles. The highest BCUT2D eigenvalue weighted by Gasteiger charge is 2.54. The van der Waals surface area contributed by atoms with E-state index in [-0.39, 0.29) is 16.1 Å². The molecule has 0 saturated heterocycles. The van der Waals surface area contributed by atoms with Crippen LogP contribution in [-0.2, 0) is 26.3 Å². The van der Waals surface area contributed by atoms with Crippen molar-refractivity contribution in [1.29, 1.82) is 4.78 Å². The second kappa shape index (κ2) is 10.3. The van der Waals surface area contributed by atoms with E-state index in [1.807, 2.05) is 0 Å². The van der Waals surface area contributed by atoms with Gasteiger partial charge < -0.3 is 15.9 Å². The Morgan fingerprint density at radius 2 is 1.57 bits per heavy atom. The van der Waals surface area contributed by atoms with Crippen molar-refractivity contribution in [3.63, 3.8) is 0 Å². The molecular weight excluding hydrogens is 526 g/mol. The summed E-state index contributed by atoms with van der Waals surface area (Å²) in [5.41, 5.74) is 0.427. The topological polar surface area (TPSA) is 124 Å². The summed E-state index contributed by atoms with van der Waals surface area (Å²) in [6, 6.07) is 5.14. The Morgan fingerprint density at radius 3 is 2.03 bits per heavy atom. The van der Waals surface area contributed by atoms with Gasteiger partial charge in [-0.1, -0.05) is 41.9 Å². The average molecular weight is 547 g/mol. The summed E-state index contributed by atoms with van der Waals surface area (Å²) in [5, 5.41) is 18.9. The van der Waals surface area contributed by atoms with Gasteiger partial charge in [-0.25, -0.2) is 4.21 Å².